The molecule has 1 aliphatic rings. The van der Waals surface area contributed by atoms with Crippen molar-refractivity contribution in [2.75, 3.05) is 45.3 Å². The van der Waals surface area contributed by atoms with E-state index in [1.54, 1.807) is 0 Å². The molecule has 1 unspecified atom stereocenters. The monoisotopic (exact) mass is 436 g/mol. The number of carbonyl (C=O) groups is 1. The topological polar surface area (TPSA) is 32.8 Å². The number of hydrogen-bond donors (Lipinski definition) is 0. The second-order valence-electron chi connectivity index (χ2n) is 10.3. The van der Waals surface area contributed by atoms with Crippen molar-refractivity contribution < 1.29 is 9.53 Å². The van der Waals surface area contributed by atoms with Crippen LogP contribution in [0.3, 0.4) is 0 Å². The van der Waals surface area contributed by atoms with Gasteiger partial charge in [-0.1, -0.05) is 52.0 Å². The first-order valence-corrected chi connectivity index (χ1v) is 11.8. The molecule has 2 aromatic carbocycles. The van der Waals surface area contributed by atoms with Crippen LogP contribution in [0.15, 0.2) is 42.5 Å². The van der Waals surface area contributed by atoms with Gasteiger partial charge in [-0.25, -0.2) is 0 Å². The van der Waals surface area contributed by atoms with E-state index in [2.05, 4.69) is 80.8 Å². The third-order valence-corrected chi connectivity index (χ3v) is 7.01. The molecule has 1 fully saturated rings. The molecule has 1 heterocycles. The molecule has 0 N–H and O–H groups in total. The maximum absolute atomic E-state index is 14.0. The molecule has 1 saturated heterocycles. The summed E-state index contributed by atoms with van der Waals surface area (Å²) in [7, 11) is 4.06. The number of morpholine rings is 1. The minimum Gasteiger partial charge on any atom is -0.378 e. The largest absolute Gasteiger partial charge is 0.378 e. The van der Waals surface area contributed by atoms with Crippen molar-refractivity contribution in [3.8, 4) is 0 Å². The van der Waals surface area contributed by atoms with Gasteiger partial charge in [0.15, 0.2) is 5.78 Å². The van der Waals surface area contributed by atoms with E-state index in [0.717, 1.165) is 43.9 Å². The van der Waals surface area contributed by atoms with E-state index in [1.807, 2.05) is 20.2 Å². The molecule has 3 rings (SSSR count). The minimum atomic E-state index is -0.575. The van der Waals surface area contributed by atoms with Crippen LogP contribution in [-0.4, -0.2) is 56.6 Å². The van der Waals surface area contributed by atoms with Gasteiger partial charge in [0.2, 0.25) is 0 Å². The summed E-state index contributed by atoms with van der Waals surface area (Å²) in [6.45, 7) is 14.2. The van der Waals surface area contributed by atoms with Crippen LogP contribution in [0.2, 0.25) is 0 Å². The number of hydrogen-bond acceptors (Lipinski definition) is 4. The Hall–Kier alpha value is -2.17. The Kier molecular flexibility index (Phi) is 7.46. The van der Waals surface area contributed by atoms with Gasteiger partial charge in [-0.05, 0) is 74.2 Å². The number of rotatable bonds is 7. The smallest absolute Gasteiger partial charge is 0.183 e. The van der Waals surface area contributed by atoms with Gasteiger partial charge in [0.1, 0.15) is 0 Å². The highest BCUT2D eigenvalue weighted by atomic mass is 16.5. The molecule has 32 heavy (non-hydrogen) atoms. The Labute approximate surface area is 194 Å². The summed E-state index contributed by atoms with van der Waals surface area (Å²) < 4.78 is 5.48. The molecule has 0 spiro atoms. The van der Waals surface area contributed by atoms with Crippen LogP contribution in [0, 0.1) is 6.92 Å². The van der Waals surface area contributed by atoms with Crippen LogP contribution in [0.1, 0.15) is 61.2 Å². The van der Waals surface area contributed by atoms with Gasteiger partial charge in [-0.15, -0.1) is 0 Å². The molecule has 4 nitrogen and oxygen atoms in total. The van der Waals surface area contributed by atoms with Crippen molar-refractivity contribution in [1.82, 2.24) is 4.90 Å². The lowest BCUT2D eigenvalue weighted by atomic mass is 9.78. The molecule has 1 aliphatic heterocycles. The number of benzene rings is 2. The van der Waals surface area contributed by atoms with Gasteiger partial charge in [0, 0.05) is 24.3 Å². The molecule has 0 aliphatic carbocycles. The fourth-order valence-electron chi connectivity index (χ4n) is 4.68. The normalized spacial score (nSPS) is 16.8. The first-order chi connectivity index (χ1) is 15.1. The lowest BCUT2D eigenvalue weighted by Gasteiger charge is -2.39. The van der Waals surface area contributed by atoms with Gasteiger partial charge in [0.05, 0.1) is 18.8 Å². The second kappa shape index (κ2) is 9.76. The quantitative estimate of drug-likeness (QED) is 0.554. The Morgan fingerprint density at radius 3 is 2.16 bits per heavy atom. The first-order valence-electron chi connectivity index (χ1n) is 11.8. The molecule has 0 bridgehead atoms. The van der Waals surface area contributed by atoms with Crippen molar-refractivity contribution in [2.24, 2.45) is 0 Å². The van der Waals surface area contributed by atoms with E-state index >= 15 is 0 Å². The lowest BCUT2D eigenvalue weighted by molar-refractivity contribution is 0.0665. The highest BCUT2D eigenvalue weighted by molar-refractivity contribution is 6.04. The van der Waals surface area contributed by atoms with Gasteiger partial charge < -0.3 is 9.64 Å². The fourth-order valence-corrected chi connectivity index (χ4v) is 4.68. The molecule has 1 atom stereocenters. The summed E-state index contributed by atoms with van der Waals surface area (Å²) in [6, 6.07) is 15.1. The van der Waals surface area contributed by atoms with Crippen LogP contribution in [0.25, 0.3) is 0 Å². The van der Waals surface area contributed by atoms with Crippen molar-refractivity contribution in [3.63, 3.8) is 0 Å². The highest BCUT2D eigenvalue weighted by Gasteiger charge is 2.40. The Bertz CT molecular complexity index is 921. The fraction of sp³-hybridized carbons (Fsp3) is 0.536. The Morgan fingerprint density at radius 1 is 1.03 bits per heavy atom. The number of aryl methyl sites for hydroxylation is 1. The predicted molar refractivity (Wildman–Crippen MR) is 134 cm³/mol. The second-order valence-corrected chi connectivity index (χ2v) is 10.3. The van der Waals surface area contributed by atoms with E-state index in [0.29, 0.717) is 6.42 Å². The van der Waals surface area contributed by atoms with Crippen molar-refractivity contribution in [1.29, 1.82) is 0 Å². The number of ketones is 1. The summed E-state index contributed by atoms with van der Waals surface area (Å²) in [4.78, 5) is 18.5. The number of anilines is 1. The minimum absolute atomic E-state index is 0.122. The number of carbonyl (C=O) groups excluding carboxylic acids is 1. The van der Waals surface area contributed by atoms with Crippen LogP contribution in [0.5, 0.6) is 0 Å². The van der Waals surface area contributed by atoms with Gasteiger partial charge in [-0.3, -0.25) is 9.69 Å². The number of nitrogens with zero attached hydrogens (tertiary/aromatic N) is 2. The van der Waals surface area contributed by atoms with Crippen LogP contribution >= 0.6 is 0 Å². The van der Waals surface area contributed by atoms with E-state index < -0.39 is 5.54 Å². The molecule has 174 valence electrons. The highest BCUT2D eigenvalue weighted by Crippen LogP contribution is 2.31. The number of Topliss-reactive ketones (excluding diaryl/α,β-unsaturated/α-hetero) is 1. The summed E-state index contributed by atoms with van der Waals surface area (Å²) in [5.41, 5.74) is 5.10. The maximum Gasteiger partial charge on any atom is 0.183 e. The SMILES string of the molecule is CCC(Cc1ccc(C(C)(C)C)cc1)(C(=O)c1ccc(N2CCOCC2)cc1C)N(C)C. The maximum atomic E-state index is 14.0. The van der Waals surface area contributed by atoms with Crippen molar-refractivity contribution in [3.05, 3.63) is 64.7 Å². The van der Waals surface area contributed by atoms with E-state index in [4.69, 9.17) is 4.74 Å². The van der Waals surface area contributed by atoms with Crippen molar-refractivity contribution in [2.45, 2.75) is 58.4 Å². The van der Waals surface area contributed by atoms with E-state index in [1.165, 1.54) is 16.8 Å². The average molecular weight is 437 g/mol. The lowest BCUT2D eigenvalue weighted by Crippen LogP contribution is -2.52. The molecule has 0 amide bonds. The first kappa shape index (κ1) is 24.5. The number of ether oxygens (including phenoxy) is 1. The molecule has 4 heteroatoms. The van der Waals surface area contributed by atoms with Crippen LogP contribution in [-0.2, 0) is 16.6 Å². The molecule has 0 radical (unpaired) electrons. The zero-order valence-corrected chi connectivity index (χ0v) is 21.0. The average Bonchev–Trinajstić information content (AvgIpc) is 2.77. The molecule has 0 saturated carbocycles. The Balaban J connectivity index is 1.90. The summed E-state index contributed by atoms with van der Waals surface area (Å²) in [5.74, 6) is 0.205. The van der Waals surface area contributed by atoms with Gasteiger partial charge in [-0.2, -0.15) is 0 Å². The standard InChI is InChI=1S/C28H40N2O2/c1-8-28(29(6)7,20-22-9-11-23(12-10-22)27(3,4)5)26(31)25-14-13-24(19-21(25)2)30-15-17-32-18-16-30/h9-14,19H,8,15-18,20H2,1-7H3. The predicted octanol–water partition coefficient (Wildman–Crippen LogP) is 5.26. The van der Waals surface area contributed by atoms with E-state index in [-0.39, 0.29) is 11.2 Å². The van der Waals surface area contributed by atoms with Crippen LogP contribution in [0.4, 0.5) is 5.69 Å². The molecular weight excluding hydrogens is 396 g/mol. The van der Waals surface area contributed by atoms with Gasteiger partial charge in [0.25, 0.3) is 0 Å². The zero-order chi connectivity index (χ0) is 23.5. The van der Waals surface area contributed by atoms with Gasteiger partial charge >= 0.3 is 0 Å². The van der Waals surface area contributed by atoms with Crippen LogP contribution < -0.4 is 4.90 Å². The summed E-state index contributed by atoms with van der Waals surface area (Å²) >= 11 is 0. The Morgan fingerprint density at radius 2 is 1.66 bits per heavy atom. The number of likely N-dealkylation sites (N-methyl/N-ethyl adjacent to an activating group) is 1. The third kappa shape index (κ3) is 5.07. The molecular formula is C28H40N2O2. The van der Waals surface area contributed by atoms with E-state index in [9.17, 15) is 4.79 Å². The zero-order valence-electron chi connectivity index (χ0n) is 21.0. The molecule has 0 aromatic heterocycles. The molecule has 2 aromatic rings. The third-order valence-electron chi connectivity index (χ3n) is 7.01. The summed E-state index contributed by atoms with van der Waals surface area (Å²) in [5, 5.41) is 0. The van der Waals surface area contributed by atoms with Crippen molar-refractivity contribution >= 4 is 11.5 Å². The summed E-state index contributed by atoms with van der Waals surface area (Å²) in [6.07, 6.45) is 1.45.